The van der Waals surface area contributed by atoms with Gasteiger partial charge in [0.15, 0.2) is 14.7 Å². The summed E-state index contributed by atoms with van der Waals surface area (Å²) in [6.45, 7) is 3.92. The van der Waals surface area contributed by atoms with E-state index in [1.807, 2.05) is 24.3 Å². The van der Waals surface area contributed by atoms with Crippen molar-refractivity contribution in [2.75, 3.05) is 20.2 Å². The minimum Gasteiger partial charge on any atom is -0.495 e. The first-order valence-electron chi connectivity index (χ1n) is 11.6. The molecule has 0 spiro atoms. The molecule has 2 atom stereocenters. The van der Waals surface area contributed by atoms with Crippen molar-refractivity contribution in [1.29, 1.82) is 0 Å². The number of ether oxygens (including phenoxy) is 3. The molecule has 0 amide bonds. The van der Waals surface area contributed by atoms with Gasteiger partial charge in [-0.25, -0.2) is 8.42 Å². The van der Waals surface area contributed by atoms with Crippen LogP contribution in [0.2, 0.25) is 0 Å². The van der Waals surface area contributed by atoms with Crippen molar-refractivity contribution in [2.45, 2.75) is 67.4 Å². The topological polar surface area (TPSA) is 65.1 Å². The largest absolute Gasteiger partial charge is 0.495 e. The number of methoxy groups -OCH3 is 1. The Balaban J connectivity index is 1.28. The van der Waals surface area contributed by atoms with Gasteiger partial charge in [-0.1, -0.05) is 24.6 Å². The van der Waals surface area contributed by atoms with E-state index in [9.17, 15) is 8.42 Å². The van der Waals surface area contributed by atoms with Crippen LogP contribution in [0.4, 0.5) is 0 Å². The van der Waals surface area contributed by atoms with Crippen molar-refractivity contribution in [3.63, 3.8) is 0 Å². The van der Waals surface area contributed by atoms with Gasteiger partial charge in [-0.05, 0) is 62.4 Å². The first-order chi connectivity index (χ1) is 15.5. The first-order valence-corrected chi connectivity index (χ1v) is 13.1. The van der Waals surface area contributed by atoms with Gasteiger partial charge >= 0.3 is 0 Å². The molecule has 3 aliphatic rings. The predicted molar refractivity (Wildman–Crippen MR) is 122 cm³/mol. The van der Waals surface area contributed by atoms with Crippen molar-refractivity contribution in [2.24, 2.45) is 0 Å². The number of fused-ring (bicyclic) bond motifs is 1. The van der Waals surface area contributed by atoms with E-state index in [1.165, 1.54) is 26.4 Å². The minimum atomic E-state index is -3.59. The van der Waals surface area contributed by atoms with Gasteiger partial charge in [0, 0.05) is 19.1 Å². The Hall–Kier alpha value is -2.25. The maximum atomic E-state index is 13.2. The summed E-state index contributed by atoms with van der Waals surface area (Å²) in [6, 6.07) is 13.6. The molecule has 2 aliphatic heterocycles. The molecule has 0 radical (unpaired) electrons. The van der Waals surface area contributed by atoms with E-state index in [0.717, 1.165) is 43.3 Å². The van der Waals surface area contributed by atoms with Crippen LogP contribution in [-0.2, 0) is 9.84 Å². The van der Waals surface area contributed by atoms with Crippen LogP contribution in [0.3, 0.4) is 0 Å². The lowest BCUT2D eigenvalue weighted by Crippen LogP contribution is -2.46. The Kier molecular flexibility index (Phi) is 5.80. The number of rotatable bonds is 5. The number of hydrogen-bond acceptors (Lipinski definition) is 6. The quantitative estimate of drug-likeness (QED) is 0.664. The third-order valence-electron chi connectivity index (χ3n) is 7.20. The van der Waals surface area contributed by atoms with Gasteiger partial charge in [0.2, 0.25) is 0 Å². The molecule has 0 bridgehead atoms. The molecule has 7 heteroatoms. The molecule has 1 saturated heterocycles. The van der Waals surface area contributed by atoms with Crippen LogP contribution in [0.5, 0.6) is 17.2 Å². The van der Waals surface area contributed by atoms with Crippen LogP contribution >= 0.6 is 0 Å². The van der Waals surface area contributed by atoms with E-state index in [2.05, 4.69) is 4.90 Å². The molecule has 2 unspecified atom stereocenters. The van der Waals surface area contributed by atoms with Crippen molar-refractivity contribution >= 4 is 9.84 Å². The highest BCUT2D eigenvalue weighted by molar-refractivity contribution is 7.92. The zero-order valence-corrected chi connectivity index (χ0v) is 19.5. The molecule has 0 N–H and O–H groups in total. The zero-order chi connectivity index (χ0) is 22.3. The Morgan fingerprint density at radius 1 is 1.00 bits per heavy atom. The second-order valence-electron chi connectivity index (χ2n) is 9.08. The van der Waals surface area contributed by atoms with Crippen molar-refractivity contribution in [3.8, 4) is 17.2 Å². The fourth-order valence-electron chi connectivity index (χ4n) is 4.99. The summed E-state index contributed by atoms with van der Waals surface area (Å²) in [5.74, 6) is 1.48. The Bertz CT molecular complexity index is 1060. The van der Waals surface area contributed by atoms with E-state index >= 15 is 0 Å². The van der Waals surface area contributed by atoms with Crippen LogP contribution in [0.1, 0.15) is 50.7 Å². The zero-order valence-electron chi connectivity index (χ0n) is 18.7. The second kappa shape index (κ2) is 8.60. The van der Waals surface area contributed by atoms with Gasteiger partial charge in [-0.15, -0.1) is 0 Å². The second-order valence-corrected chi connectivity index (χ2v) is 11.3. The van der Waals surface area contributed by atoms with E-state index in [1.54, 1.807) is 25.1 Å². The number of piperidine rings is 1. The summed E-state index contributed by atoms with van der Waals surface area (Å²) in [6.07, 6.45) is 5.83. The van der Waals surface area contributed by atoms with E-state index in [0.29, 0.717) is 11.5 Å². The standard InChI is InChI=1S/C25H31NO5S/c1-17-24(31-23-8-4-7-22(29-2)25(23)32(17,27)28)18-9-11-20(12-10-18)30-21-13-15-26(16-14-21)19-5-3-6-19/h4,7-12,17,19,21,24H,3,5-6,13-16H2,1-2H3. The fourth-order valence-corrected chi connectivity index (χ4v) is 6.73. The molecule has 2 heterocycles. The van der Waals surface area contributed by atoms with Gasteiger partial charge in [-0.3, -0.25) is 0 Å². The molecule has 6 nitrogen and oxygen atoms in total. The number of likely N-dealkylation sites (tertiary alicyclic amines) is 1. The summed E-state index contributed by atoms with van der Waals surface area (Å²) in [5.41, 5.74) is 0.821. The summed E-state index contributed by atoms with van der Waals surface area (Å²) in [4.78, 5) is 2.75. The lowest BCUT2D eigenvalue weighted by Gasteiger charge is -2.41. The van der Waals surface area contributed by atoms with Crippen LogP contribution in [0.25, 0.3) is 0 Å². The molecule has 1 aliphatic carbocycles. The Morgan fingerprint density at radius 3 is 2.34 bits per heavy atom. The monoisotopic (exact) mass is 457 g/mol. The third kappa shape index (κ3) is 3.86. The molecule has 0 aromatic heterocycles. The van der Waals surface area contributed by atoms with E-state index in [4.69, 9.17) is 14.2 Å². The lowest BCUT2D eigenvalue weighted by molar-refractivity contribution is 0.0493. The van der Waals surface area contributed by atoms with Crippen LogP contribution in [-0.4, -0.2) is 50.9 Å². The molecule has 172 valence electrons. The maximum absolute atomic E-state index is 13.2. The Labute approximate surface area is 190 Å². The molecular formula is C25H31NO5S. The summed E-state index contributed by atoms with van der Waals surface area (Å²) in [5, 5.41) is -0.728. The highest BCUT2D eigenvalue weighted by Crippen LogP contribution is 2.45. The van der Waals surface area contributed by atoms with Gasteiger partial charge in [-0.2, -0.15) is 0 Å². The third-order valence-corrected chi connectivity index (χ3v) is 9.39. The smallest absolute Gasteiger partial charge is 0.192 e. The SMILES string of the molecule is COc1cccc2c1S(=O)(=O)C(C)C(c1ccc(OC3CCN(C4CCC4)CC3)cc1)O2. The van der Waals surface area contributed by atoms with E-state index < -0.39 is 21.2 Å². The van der Waals surface area contributed by atoms with Crippen LogP contribution in [0, 0.1) is 0 Å². The van der Waals surface area contributed by atoms with E-state index in [-0.39, 0.29) is 11.0 Å². The van der Waals surface area contributed by atoms with Crippen molar-refractivity contribution in [1.82, 2.24) is 4.90 Å². The summed E-state index contributed by atoms with van der Waals surface area (Å²) < 4.78 is 44.1. The number of nitrogens with zero attached hydrogens (tertiary/aromatic N) is 1. The lowest BCUT2D eigenvalue weighted by atomic mass is 9.90. The van der Waals surface area contributed by atoms with Crippen LogP contribution in [0.15, 0.2) is 47.4 Å². The number of benzene rings is 2. The molecule has 2 aromatic carbocycles. The Morgan fingerprint density at radius 2 is 1.72 bits per heavy atom. The first kappa shape index (κ1) is 21.6. The minimum absolute atomic E-state index is 0.138. The number of hydrogen-bond donors (Lipinski definition) is 0. The summed E-state index contributed by atoms with van der Waals surface area (Å²) >= 11 is 0. The predicted octanol–water partition coefficient (Wildman–Crippen LogP) is 4.39. The average molecular weight is 458 g/mol. The molecule has 5 rings (SSSR count). The highest BCUT2D eigenvalue weighted by atomic mass is 32.2. The van der Waals surface area contributed by atoms with Gasteiger partial charge in [0.1, 0.15) is 34.7 Å². The van der Waals surface area contributed by atoms with Crippen LogP contribution < -0.4 is 14.2 Å². The molecule has 2 aromatic rings. The van der Waals surface area contributed by atoms with Crippen molar-refractivity contribution in [3.05, 3.63) is 48.0 Å². The molecule has 1 saturated carbocycles. The molecular weight excluding hydrogens is 426 g/mol. The van der Waals surface area contributed by atoms with Gasteiger partial charge < -0.3 is 19.1 Å². The highest BCUT2D eigenvalue weighted by Gasteiger charge is 2.42. The average Bonchev–Trinajstić information content (AvgIpc) is 2.76. The van der Waals surface area contributed by atoms with Crippen molar-refractivity contribution < 1.29 is 22.6 Å². The normalized spacial score (nSPS) is 25.9. The molecule has 32 heavy (non-hydrogen) atoms. The van der Waals surface area contributed by atoms with Gasteiger partial charge in [0.25, 0.3) is 0 Å². The number of sulfone groups is 1. The maximum Gasteiger partial charge on any atom is 0.192 e. The molecule has 2 fully saturated rings. The summed E-state index contributed by atoms with van der Waals surface area (Å²) in [7, 11) is -2.12. The fraction of sp³-hybridized carbons (Fsp3) is 0.520. The van der Waals surface area contributed by atoms with Gasteiger partial charge in [0.05, 0.1) is 7.11 Å².